The highest BCUT2D eigenvalue weighted by atomic mass is 35.5. The molecule has 0 fully saturated rings. The van der Waals surface area contributed by atoms with Crippen LogP contribution in [0.3, 0.4) is 0 Å². The minimum atomic E-state index is -0.939. The first-order chi connectivity index (χ1) is 9.95. The Morgan fingerprint density at radius 3 is 2.86 bits per heavy atom. The third-order valence-electron chi connectivity index (χ3n) is 3.54. The lowest BCUT2D eigenvalue weighted by Crippen LogP contribution is -2.26. The molecule has 0 radical (unpaired) electrons. The quantitative estimate of drug-likeness (QED) is 0.941. The molecule has 0 saturated heterocycles. The Bertz CT molecular complexity index is 753. The van der Waals surface area contributed by atoms with Crippen LogP contribution in [0.2, 0.25) is 5.02 Å². The van der Waals surface area contributed by atoms with Crippen LogP contribution in [-0.4, -0.2) is 17.0 Å². The van der Waals surface area contributed by atoms with Gasteiger partial charge in [0.2, 0.25) is 5.91 Å². The number of carboxylic acids is 1. The van der Waals surface area contributed by atoms with Gasteiger partial charge in [0, 0.05) is 15.6 Å². The van der Waals surface area contributed by atoms with E-state index in [1.807, 2.05) is 13.0 Å². The number of carbonyl (C=O) groups is 2. The van der Waals surface area contributed by atoms with Crippen molar-refractivity contribution in [3.63, 3.8) is 0 Å². The lowest BCUT2D eigenvalue weighted by Gasteiger charge is -2.17. The zero-order chi connectivity index (χ0) is 15.1. The van der Waals surface area contributed by atoms with Gasteiger partial charge >= 0.3 is 5.97 Å². The molecule has 6 heteroatoms. The summed E-state index contributed by atoms with van der Waals surface area (Å²) in [5, 5.41) is 9.63. The van der Waals surface area contributed by atoms with Crippen LogP contribution in [0.15, 0.2) is 24.3 Å². The molecule has 3 rings (SSSR count). The summed E-state index contributed by atoms with van der Waals surface area (Å²) in [6, 6.07) is 7.05. The van der Waals surface area contributed by atoms with Crippen molar-refractivity contribution in [1.82, 2.24) is 0 Å². The van der Waals surface area contributed by atoms with Crippen molar-refractivity contribution in [2.24, 2.45) is 0 Å². The number of benzene rings is 1. The maximum absolute atomic E-state index is 12.2. The number of halogens is 1. The van der Waals surface area contributed by atoms with E-state index in [-0.39, 0.29) is 5.91 Å². The number of anilines is 1. The predicted molar refractivity (Wildman–Crippen MR) is 82.4 cm³/mol. The Kier molecular flexibility index (Phi) is 3.47. The van der Waals surface area contributed by atoms with Gasteiger partial charge in [-0.15, -0.1) is 11.3 Å². The number of carbonyl (C=O) groups excluding carboxylic acids is 1. The second-order valence-electron chi connectivity index (χ2n) is 4.93. The number of hydrogen-bond acceptors (Lipinski definition) is 3. The third-order valence-corrected chi connectivity index (χ3v) is 4.86. The van der Waals surface area contributed by atoms with Gasteiger partial charge in [0.1, 0.15) is 4.88 Å². The van der Waals surface area contributed by atoms with Gasteiger partial charge in [-0.25, -0.2) is 4.79 Å². The first-order valence-corrected chi connectivity index (χ1v) is 7.56. The predicted octanol–water partition coefficient (Wildman–Crippen LogP) is 3.50. The minimum Gasteiger partial charge on any atom is -0.477 e. The first-order valence-electron chi connectivity index (χ1n) is 6.37. The number of amides is 1. The molecule has 2 heterocycles. The molecule has 0 atom stereocenters. The number of nitrogens with zero attached hydrogens (tertiary/aromatic N) is 1. The first kappa shape index (κ1) is 14.1. The molecule has 108 valence electrons. The summed E-state index contributed by atoms with van der Waals surface area (Å²) in [6.45, 7) is 2.24. The molecule has 0 unspecified atom stereocenters. The van der Waals surface area contributed by atoms with Gasteiger partial charge in [0.05, 0.1) is 13.0 Å². The van der Waals surface area contributed by atoms with Crippen LogP contribution in [0.1, 0.15) is 25.7 Å². The molecule has 1 N–H and O–H groups in total. The highest BCUT2D eigenvalue weighted by Gasteiger charge is 2.28. The van der Waals surface area contributed by atoms with E-state index in [0.29, 0.717) is 22.9 Å². The zero-order valence-corrected chi connectivity index (χ0v) is 12.8. The fourth-order valence-corrected chi connectivity index (χ4v) is 3.50. The van der Waals surface area contributed by atoms with Gasteiger partial charge in [-0.05, 0) is 36.2 Å². The number of aryl methyl sites for hydroxylation is 1. The Morgan fingerprint density at radius 2 is 2.19 bits per heavy atom. The number of carboxylic acid groups (broad SMARTS) is 1. The number of rotatable bonds is 3. The van der Waals surface area contributed by atoms with E-state index in [9.17, 15) is 9.59 Å². The second kappa shape index (κ2) is 5.16. The normalized spacial score (nSPS) is 13.6. The standard InChI is InChI=1S/C15H12ClNO3S/c1-8-10(4-13(21-8)15(19)20)7-17-12-6-11(16)3-2-9(12)5-14(17)18/h2-4,6H,5,7H2,1H3,(H,19,20). The molecule has 1 aromatic carbocycles. The Balaban J connectivity index is 1.94. The van der Waals surface area contributed by atoms with Gasteiger partial charge < -0.3 is 10.0 Å². The average Bonchev–Trinajstić information content (AvgIpc) is 2.93. The summed E-state index contributed by atoms with van der Waals surface area (Å²) in [5.74, 6) is -0.930. The SMILES string of the molecule is Cc1sc(C(=O)O)cc1CN1C(=O)Cc2ccc(Cl)cc21. The molecule has 1 aliphatic rings. The van der Waals surface area contributed by atoms with Crippen molar-refractivity contribution in [2.45, 2.75) is 19.9 Å². The van der Waals surface area contributed by atoms with Crippen LogP contribution >= 0.6 is 22.9 Å². The van der Waals surface area contributed by atoms with Gasteiger partial charge in [0.25, 0.3) is 0 Å². The molecular formula is C15H12ClNO3S. The van der Waals surface area contributed by atoms with Gasteiger partial charge in [-0.1, -0.05) is 17.7 Å². The number of fused-ring (bicyclic) bond motifs is 1. The van der Waals surface area contributed by atoms with E-state index in [4.69, 9.17) is 16.7 Å². The Labute approximate surface area is 130 Å². The topological polar surface area (TPSA) is 57.6 Å². The van der Waals surface area contributed by atoms with E-state index in [2.05, 4.69) is 0 Å². The number of thiophene rings is 1. The highest BCUT2D eigenvalue weighted by Crippen LogP contribution is 2.34. The molecule has 4 nitrogen and oxygen atoms in total. The summed E-state index contributed by atoms with van der Waals surface area (Å²) < 4.78 is 0. The molecular weight excluding hydrogens is 310 g/mol. The van der Waals surface area contributed by atoms with Crippen LogP contribution in [0.4, 0.5) is 5.69 Å². The van der Waals surface area contributed by atoms with Crippen LogP contribution < -0.4 is 4.90 Å². The van der Waals surface area contributed by atoms with Crippen LogP contribution in [0.25, 0.3) is 0 Å². The van der Waals surface area contributed by atoms with Gasteiger partial charge in [-0.3, -0.25) is 4.79 Å². The third kappa shape index (κ3) is 2.54. The molecule has 0 bridgehead atoms. The molecule has 1 aromatic heterocycles. The van der Waals surface area contributed by atoms with Crippen molar-refractivity contribution in [3.05, 3.63) is 50.2 Å². The van der Waals surface area contributed by atoms with Crippen molar-refractivity contribution < 1.29 is 14.7 Å². The molecule has 1 amide bonds. The van der Waals surface area contributed by atoms with E-state index in [1.54, 1.807) is 23.1 Å². The van der Waals surface area contributed by atoms with Gasteiger partial charge in [0.15, 0.2) is 0 Å². The second-order valence-corrected chi connectivity index (χ2v) is 6.62. The molecule has 0 aliphatic carbocycles. The minimum absolute atomic E-state index is 0.00902. The maximum Gasteiger partial charge on any atom is 0.345 e. The number of hydrogen-bond donors (Lipinski definition) is 1. The van der Waals surface area contributed by atoms with E-state index >= 15 is 0 Å². The Hall–Kier alpha value is -1.85. The summed E-state index contributed by atoms with van der Waals surface area (Å²) in [4.78, 5) is 26.1. The average molecular weight is 322 g/mol. The molecule has 2 aromatic rings. The molecule has 0 saturated carbocycles. The van der Waals surface area contributed by atoms with Crippen molar-refractivity contribution in [1.29, 1.82) is 0 Å². The lowest BCUT2D eigenvalue weighted by molar-refractivity contribution is -0.117. The summed E-state index contributed by atoms with van der Waals surface area (Å²) in [5.41, 5.74) is 2.63. The van der Waals surface area contributed by atoms with Crippen LogP contribution in [0, 0.1) is 6.92 Å². The Morgan fingerprint density at radius 1 is 1.43 bits per heavy atom. The summed E-state index contributed by atoms with van der Waals surface area (Å²) in [7, 11) is 0. The van der Waals surface area contributed by atoms with E-state index in [1.165, 1.54) is 11.3 Å². The van der Waals surface area contributed by atoms with Crippen molar-refractivity contribution in [3.8, 4) is 0 Å². The zero-order valence-electron chi connectivity index (χ0n) is 11.2. The number of aromatic carboxylic acids is 1. The molecule has 0 spiro atoms. The summed E-state index contributed by atoms with van der Waals surface area (Å²) >= 11 is 7.23. The van der Waals surface area contributed by atoms with E-state index in [0.717, 1.165) is 21.7 Å². The van der Waals surface area contributed by atoms with Crippen molar-refractivity contribution >= 4 is 40.5 Å². The fourth-order valence-electron chi connectivity index (χ4n) is 2.46. The van der Waals surface area contributed by atoms with E-state index < -0.39 is 5.97 Å². The molecule has 21 heavy (non-hydrogen) atoms. The van der Waals surface area contributed by atoms with Crippen LogP contribution in [0.5, 0.6) is 0 Å². The highest BCUT2D eigenvalue weighted by molar-refractivity contribution is 7.14. The van der Waals surface area contributed by atoms with Crippen molar-refractivity contribution in [2.75, 3.05) is 4.90 Å². The van der Waals surface area contributed by atoms with Gasteiger partial charge in [-0.2, -0.15) is 0 Å². The fraction of sp³-hybridized carbons (Fsp3) is 0.200. The molecule has 1 aliphatic heterocycles. The lowest BCUT2D eigenvalue weighted by atomic mass is 10.1. The monoisotopic (exact) mass is 321 g/mol. The van der Waals surface area contributed by atoms with Crippen LogP contribution in [-0.2, 0) is 17.8 Å². The summed E-state index contributed by atoms with van der Waals surface area (Å²) in [6.07, 6.45) is 0.363. The maximum atomic E-state index is 12.2. The largest absolute Gasteiger partial charge is 0.477 e. The smallest absolute Gasteiger partial charge is 0.345 e.